The van der Waals surface area contributed by atoms with Crippen molar-refractivity contribution in [2.24, 2.45) is 5.92 Å². The van der Waals surface area contributed by atoms with Crippen molar-refractivity contribution in [3.8, 4) is 0 Å². The molecule has 0 aliphatic carbocycles. The van der Waals surface area contributed by atoms with Crippen LogP contribution in [-0.2, 0) is 6.54 Å². The molecule has 2 fully saturated rings. The molecule has 2 nitrogen and oxygen atoms in total. The first kappa shape index (κ1) is 11.5. The standard InChI is InChI=1S/C14H19ClN2/c15-13-4-2-1-3-11(13)9-16-14-6-8-17-7-5-12(14)10-17/h1-4,12,14,16H,5-10H2. The lowest BCUT2D eigenvalue weighted by molar-refractivity contribution is 0.220. The van der Waals surface area contributed by atoms with Crippen LogP contribution in [0.4, 0.5) is 0 Å². The molecule has 0 saturated carbocycles. The van der Waals surface area contributed by atoms with Gasteiger partial charge >= 0.3 is 0 Å². The Morgan fingerprint density at radius 1 is 1.24 bits per heavy atom. The summed E-state index contributed by atoms with van der Waals surface area (Å²) in [7, 11) is 0. The van der Waals surface area contributed by atoms with Gasteiger partial charge in [0.25, 0.3) is 0 Å². The van der Waals surface area contributed by atoms with Gasteiger partial charge in [-0.25, -0.2) is 0 Å². The molecule has 0 amide bonds. The number of rotatable bonds is 3. The Morgan fingerprint density at radius 2 is 2.06 bits per heavy atom. The number of piperidine rings is 1. The van der Waals surface area contributed by atoms with Gasteiger partial charge in [-0.05, 0) is 43.5 Å². The maximum Gasteiger partial charge on any atom is 0.0450 e. The minimum absolute atomic E-state index is 0.685. The average molecular weight is 251 g/mol. The highest BCUT2D eigenvalue weighted by atomic mass is 35.5. The van der Waals surface area contributed by atoms with Crippen molar-refractivity contribution in [1.29, 1.82) is 0 Å². The number of nitrogens with one attached hydrogen (secondary N) is 1. The summed E-state index contributed by atoms with van der Waals surface area (Å²) in [6.07, 6.45) is 2.65. The average Bonchev–Trinajstić information content (AvgIpc) is 2.73. The largest absolute Gasteiger partial charge is 0.309 e. The molecular formula is C14H19ClN2. The van der Waals surface area contributed by atoms with Gasteiger partial charge in [0.1, 0.15) is 0 Å². The van der Waals surface area contributed by atoms with Crippen LogP contribution in [-0.4, -0.2) is 30.6 Å². The van der Waals surface area contributed by atoms with Crippen LogP contribution in [0.3, 0.4) is 0 Å². The van der Waals surface area contributed by atoms with E-state index in [4.69, 9.17) is 11.6 Å². The zero-order chi connectivity index (χ0) is 11.7. The van der Waals surface area contributed by atoms with E-state index in [1.54, 1.807) is 0 Å². The highest BCUT2D eigenvalue weighted by Gasteiger charge is 2.33. The Bertz CT molecular complexity index is 394. The number of hydrogen-bond donors (Lipinski definition) is 1. The fraction of sp³-hybridized carbons (Fsp3) is 0.571. The molecule has 2 aliphatic rings. The Morgan fingerprint density at radius 3 is 2.94 bits per heavy atom. The summed E-state index contributed by atoms with van der Waals surface area (Å²) < 4.78 is 0. The summed E-state index contributed by atoms with van der Waals surface area (Å²) >= 11 is 6.17. The van der Waals surface area contributed by atoms with Crippen LogP contribution in [0.25, 0.3) is 0 Å². The van der Waals surface area contributed by atoms with Crippen LogP contribution < -0.4 is 5.32 Å². The van der Waals surface area contributed by atoms with Gasteiger partial charge in [-0.15, -0.1) is 0 Å². The zero-order valence-electron chi connectivity index (χ0n) is 10.0. The maximum atomic E-state index is 6.17. The van der Waals surface area contributed by atoms with Crippen LogP contribution >= 0.6 is 11.6 Å². The quantitative estimate of drug-likeness (QED) is 0.887. The van der Waals surface area contributed by atoms with Crippen LogP contribution in [0.15, 0.2) is 24.3 Å². The highest BCUT2D eigenvalue weighted by molar-refractivity contribution is 6.31. The summed E-state index contributed by atoms with van der Waals surface area (Å²) in [5, 5.41) is 4.57. The molecule has 0 aromatic heterocycles. The third kappa shape index (κ3) is 2.49. The molecule has 2 bridgehead atoms. The van der Waals surface area contributed by atoms with Crippen molar-refractivity contribution in [1.82, 2.24) is 10.2 Å². The van der Waals surface area contributed by atoms with Crippen LogP contribution in [0.5, 0.6) is 0 Å². The molecule has 1 aromatic rings. The summed E-state index contributed by atoms with van der Waals surface area (Å²) in [6, 6.07) is 8.81. The third-order valence-corrected chi connectivity index (χ3v) is 4.52. The Labute approximate surface area is 108 Å². The van der Waals surface area contributed by atoms with E-state index in [-0.39, 0.29) is 0 Å². The second-order valence-corrected chi connectivity index (χ2v) is 5.62. The van der Waals surface area contributed by atoms with E-state index in [2.05, 4.69) is 22.3 Å². The highest BCUT2D eigenvalue weighted by Crippen LogP contribution is 2.27. The van der Waals surface area contributed by atoms with Gasteiger partial charge in [-0.2, -0.15) is 0 Å². The molecule has 92 valence electrons. The molecule has 3 unspecified atom stereocenters. The molecular weight excluding hydrogens is 232 g/mol. The second-order valence-electron chi connectivity index (χ2n) is 5.22. The van der Waals surface area contributed by atoms with E-state index in [0.717, 1.165) is 17.5 Å². The van der Waals surface area contributed by atoms with Crippen molar-refractivity contribution in [2.45, 2.75) is 25.4 Å². The van der Waals surface area contributed by atoms with Crippen molar-refractivity contribution in [3.05, 3.63) is 34.9 Å². The monoisotopic (exact) mass is 250 g/mol. The first-order valence-corrected chi connectivity index (χ1v) is 6.90. The van der Waals surface area contributed by atoms with E-state index in [0.29, 0.717) is 6.04 Å². The predicted octanol–water partition coefficient (Wildman–Crippen LogP) is 2.52. The Hall–Kier alpha value is -0.570. The zero-order valence-corrected chi connectivity index (χ0v) is 10.8. The fourth-order valence-corrected chi connectivity index (χ4v) is 3.31. The van der Waals surface area contributed by atoms with Crippen molar-refractivity contribution >= 4 is 11.6 Å². The lowest BCUT2D eigenvalue weighted by atomic mass is 9.94. The Balaban J connectivity index is 1.59. The number of hydrogen-bond acceptors (Lipinski definition) is 2. The van der Waals surface area contributed by atoms with Gasteiger partial charge in [-0.3, -0.25) is 0 Å². The van der Waals surface area contributed by atoms with Crippen LogP contribution in [0.1, 0.15) is 18.4 Å². The van der Waals surface area contributed by atoms with E-state index in [1.807, 2.05) is 12.1 Å². The van der Waals surface area contributed by atoms with Crippen molar-refractivity contribution in [3.63, 3.8) is 0 Å². The van der Waals surface area contributed by atoms with Gasteiger partial charge in [0, 0.05) is 24.2 Å². The molecule has 1 N–H and O–H groups in total. The summed E-state index contributed by atoms with van der Waals surface area (Å²) in [4.78, 5) is 2.58. The van der Waals surface area contributed by atoms with E-state index in [1.165, 1.54) is 38.0 Å². The fourth-order valence-electron chi connectivity index (χ4n) is 3.10. The Kier molecular flexibility index (Phi) is 3.37. The predicted molar refractivity (Wildman–Crippen MR) is 71.2 cm³/mol. The van der Waals surface area contributed by atoms with Crippen LogP contribution in [0, 0.1) is 5.92 Å². The van der Waals surface area contributed by atoms with E-state index < -0.39 is 0 Å². The molecule has 2 saturated heterocycles. The SMILES string of the molecule is Clc1ccccc1CNC1CCN2CCC1C2. The minimum Gasteiger partial charge on any atom is -0.309 e. The molecule has 3 rings (SSSR count). The number of fused-ring (bicyclic) bond motifs is 2. The number of benzene rings is 1. The first-order chi connectivity index (χ1) is 8.33. The summed E-state index contributed by atoms with van der Waals surface area (Å²) in [5.74, 6) is 0.853. The normalized spacial score (nSPS) is 31.7. The molecule has 0 radical (unpaired) electrons. The summed E-state index contributed by atoms with van der Waals surface area (Å²) in [5.41, 5.74) is 1.22. The maximum absolute atomic E-state index is 6.17. The smallest absolute Gasteiger partial charge is 0.0450 e. The lowest BCUT2D eigenvalue weighted by Crippen LogP contribution is -2.43. The lowest BCUT2D eigenvalue weighted by Gasteiger charge is -2.31. The molecule has 3 atom stereocenters. The molecule has 1 aromatic carbocycles. The van der Waals surface area contributed by atoms with Gasteiger partial charge < -0.3 is 10.2 Å². The first-order valence-electron chi connectivity index (χ1n) is 6.52. The minimum atomic E-state index is 0.685. The van der Waals surface area contributed by atoms with Gasteiger partial charge in [0.15, 0.2) is 0 Å². The molecule has 2 heterocycles. The number of nitrogens with zero attached hydrogens (tertiary/aromatic N) is 1. The van der Waals surface area contributed by atoms with Crippen LogP contribution in [0.2, 0.25) is 5.02 Å². The summed E-state index contributed by atoms with van der Waals surface area (Å²) in [6.45, 7) is 4.76. The molecule has 3 heteroatoms. The molecule has 2 aliphatic heterocycles. The van der Waals surface area contributed by atoms with E-state index in [9.17, 15) is 0 Å². The van der Waals surface area contributed by atoms with Crippen molar-refractivity contribution < 1.29 is 0 Å². The molecule has 0 spiro atoms. The molecule has 17 heavy (non-hydrogen) atoms. The topological polar surface area (TPSA) is 15.3 Å². The van der Waals surface area contributed by atoms with Gasteiger partial charge in [0.05, 0.1) is 0 Å². The van der Waals surface area contributed by atoms with Crippen molar-refractivity contribution in [2.75, 3.05) is 19.6 Å². The van der Waals surface area contributed by atoms with E-state index >= 15 is 0 Å². The van der Waals surface area contributed by atoms with Gasteiger partial charge in [0.2, 0.25) is 0 Å². The third-order valence-electron chi connectivity index (χ3n) is 4.15. The second kappa shape index (κ2) is 4.97. The number of halogens is 1. The van der Waals surface area contributed by atoms with Gasteiger partial charge in [-0.1, -0.05) is 29.8 Å².